The van der Waals surface area contributed by atoms with Gasteiger partial charge in [0.15, 0.2) is 11.3 Å². The van der Waals surface area contributed by atoms with Crippen LogP contribution >= 0.6 is 23.2 Å². The molecule has 1 saturated heterocycles. The zero-order chi connectivity index (χ0) is 24.7. The molecular weight excluding hydrogens is 483 g/mol. The smallest absolute Gasteiger partial charge is 0.190 e. The van der Waals surface area contributed by atoms with Crippen LogP contribution in [0.2, 0.25) is 10.0 Å². The third kappa shape index (κ3) is 4.45. The van der Waals surface area contributed by atoms with Crippen LogP contribution in [-0.2, 0) is 0 Å². The molecule has 1 N–H and O–H groups in total. The summed E-state index contributed by atoms with van der Waals surface area (Å²) >= 11 is 12.5. The van der Waals surface area contributed by atoms with Crippen LogP contribution in [0.5, 0.6) is 0 Å². The first kappa shape index (κ1) is 24.2. The van der Waals surface area contributed by atoms with Crippen molar-refractivity contribution in [2.24, 2.45) is 5.92 Å². The molecule has 1 unspecified atom stereocenters. The van der Waals surface area contributed by atoms with Gasteiger partial charge in [0.05, 0.1) is 24.5 Å². The molecule has 182 valence electrons. The van der Waals surface area contributed by atoms with Gasteiger partial charge in [-0.1, -0.05) is 42.3 Å². The number of hydrogen-bond acceptors (Lipinski definition) is 6. The lowest BCUT2D eigenvalue weighted by Gasteiger charge is -2.38. The zero-order valence-corrected chi connectivity index (χ0v) is 21.3. The molecule has 2 aliphatic rings. The maximum atomic E-state index is 9.77. The maximum Gasteiger partial charge on any atom is 0.190 e. The van der Waals surface area contributed by atoms with E-state index >= 15 is 0 Å². The van der Waals surface area contributed by atoms with Gasteiger partial charge >= 0.3 is 0 Å². The van der Waals surface area contributed by atoms with Crippen LogP contribution in [0.3, 0.4) is 0 Å². The van der Waals surface area contributed by atoms with Crippen LogP contribution < -0.4 is 0 Å². The van der Waals surface area contributed by atoms with E-state index in [1.807, 2.05) is 13.0 Å². The second kappa shape index (κ2) is 9.87. The molecule has 2 aromatic heterocycles. The Hall–Kier alpha value is -2.50. The SMILES string of the molecule is C[C@@H]1CC(c2cnc3c(C#N)nn([C@H](C)c4ccc(Cl)cc4Cl)c3n2)=CC[C@@H]1N1CCCC1CO. The van der Waals surface area contributed by atoms with Crippen LogP contribution in [0, 0.1) is 17.2 Å². The van der Waals surface area contributed by atoms with Crippen LogP contribution in [0.25, 0.3) is 16.7 Å². The van der Waals surface area contributed by atoms with Gasteiger partial charge in [-0.25, -0.2) is 14.6 Å². The summed E-state index contributed by atoms with van der Waals surface area (Å²) in [4.78, 5) is 12.0. The summed E-state index contributed by atoms with van der Waals surface area (Å²) in [5.41, 5.74) is 4.10. The van der Waals surface area contributed by atoms with Crippen LogP contribution in [0.15, 0.2) is 30.5 Å². The largest absolute Gasteiger partial charge is 0.395 e. The molecule has 35 heavy (non-hydrogen) atoms. The number of rotatable bonds is 5. The number of halogens is 2. The van der Waals surface area contributed by atoms with Crippen molar-refractivity contribution in [3.63, 3.8) is 0 Å². The lowest BCUT2D eigenvalue weighted by Crippen LogP contribution is -2.45. The molecule has 0 amide bonds. The van der Waals surface area contributed by atoms with Crippen LogP contribution in [0.1, 0.15) is 62.5 Å². The van der Waals surface area contributed by atoms with E-state index in [0.717, 1.165) is 49.1 Å². The molecule has 9 heteroatoms. The van der Waals surface area contributed by atoms with Gasteiger partial charge in [0.2, 0.25) is 0 Å². The van der Waals surface area contributed by atoms with Crippen molar-refractivity contribution in [1.29, 1.82) is 5.26 Å². The predicted molar refractivity (Wildman–Crippen MR) is 137 cm³/mol. The number of benzene rings is 1. The second-order valence-electron chi connectivity index (χ2n) is 9.60. The zero-order valence-electron chi connectivity index (χ0n) is 19.8. The highest BCUT2D eigenvalue weighted by molar-refractivity contribution is 6.35. The number of fused-ring (bicyclic) bond motifs is 1. The van der Waals surface area contributed by atoms with Crippen LogP contribution in [-0.4, -0.2) is 55.0 Å². The second-order valence-corrected chi connectivity index (χ2v) is 10.4. The molecule has 5 rings (SSSR count). The minimum atomic E-state index is -0.261. The Morgan fingerprint density at radius 2 is 2.14 bits per heavy atom. The average molecular weight is 511 g/mol. The maximum absolute atomic E-state index is 9.77. The Morgan fingerprint density at radius 1 is 1.31 bits per heavy atom. The number of aliphatic hydroxyl groups excluding tert-OH is 1. The van der Waals surface area contributed by atoms with Crippen molar-refractivity contribution in [3.8, 4) is 6.07 Å². The number of aliphatic hydroxyl groups is 1. The molecule has 3 aromatic rings. The molecule has 1 aliphatic heterocycles. The molecule has 0 saturated carbocycles. The van der Waals surface area contributed by atoms with Crippen molar-refractivity contribution < 1.29 is 5.11 Å². The lowest BCUT2D eigenvalue weighted by molar-refractivity contribution is 0.0910. The molecule has 0 bridgehead atoms. The minimum absolute atomic E-state index is 0.225. The van der Waals surface area contributed by atoms with Gasteiger partial charge in [0, 0.05) is 22.1 Å². The highest BCUT2D eigenvalue weighted by atomic mass is 35.5. The molecule has 4 atom stereocenters. The first-order chi connectivity index (χ1) is 16.9. The third-order valence-corrected chi connectivity index (χ3v) is 8.04. The van der Waals surface area contributed by atoms with E-state index in [0.29, 0.717) is 33.2 Å². The summed E-state index contributed by atoms with van der Waals surface area (Å²) in [5.74, 6) is 0.436. The molecule has 1 aliphatic carbocycles. The number of hydrogen-bond donors (Lipinski definition) is 1. The summed E-state index contributed by atoms with van der Waals surface area (Å²) in [7, 11) is 0. The van der Waals surface area contributed by atoms with Gasteiger partial charge < -0.3 is 5.11 Å². The van der Waals surface area contributed by atoms with Crippen molar-refractivity contribution in [1.82, 2.24) is 24.6 Å². The Kier molecular flexibility index (Phi) is 6.82. The molecular formula is C26H28Cl2N6O. The number of likely N-dealkylation sites (tertiary alicyclic amines) is 1. The number of nitrogens with zero attached hydrogens (tertiary/aromatic N) is 6. The van der Waals surface area contributed by atoms with Crippen LogP contribution in [0.4, 0.5) is 0 Å². The van der Waals surface area contributed by atoms with Crippen molar-refractivity contribution in [3.05, 3.63) is 57.5 Å². The summed E-state index contributed by atoms with van der Waals surface area (Å²) in [6, 6.07) is 7.95. The van der Waals surface area contributed by atoms with Gasteiger partial charge in [0.1, 0.15) is 11.6 Å². The Labute approximate surface area is 215 Å². The number of allylic oxidation sites excluding steroid dienone is 1. The Bertz CT molecular complexity index is 1330. The van der Waals surface area contributed by atoms with E-state index in [9.17, 15) is 10.4 Å². The minimum Gasteiger partial charge on any atom is -0.395 e. The van der Waals surface area contributed by atoms with E-state index in [-0.39, 0.29) is 24.4 Å². The summed E-state index contributed by atoms with van der Waals surface area (Å²) in [6.45, 7) is 5.52. The molecule has 1 aromatic carbocycles. The number of nitriles is 1. The standard InChI is InChI=1S/C26H28Cl2N6O/c1-15-10-17(5-8-24(15)33-9-3-4-19(33)14-35)23-13-30-25-22(12-29)32-34(26(25)31-23)16(2)20-7-6-18(27)11-21(20)28/h5-7,11,13,15-16,19,24,35H,3-4,8-10,14H2,1-2H3/t15-,16-,19?,24+/m1/s1. The predicted octanol–water partition coefficient (Wildman–Crippen LogP) is 5.25. The van der Waals surface area contributed by atoms with Crippen molar-refractivity contribution >= 4 is 39.9 Å². The lowest BCUT2D eigenvalue weighted by atomic mass is 9.83. The van der Waals surface area contributed by atoms with E-state index in [1.165, 1.54) is 0 Å². The Balaban J connectivity index is 1.49. The van der Waals surface area contributed by atoms with E-state index in [1.54, 1.807) is 23.0 Å². The summed E-state index contributed by atoms with van der Waals surface area (Å²) in [5, 5.41) is 25.0. The van der Waals surface area contributed by atoms with Crippen molar-refractivity contribution in [2.45, 2.75) is 57.7 Å². The van der Waals surface area contributed by atoms with Crippen molar-refractivity contribution in [2.75, 3.05) is 13.2 Å². The van der Waals surface area contributed by atoms with E-state index < -0.39 is 0 Å². The molecule has 7 nitrogen and oxygen atoms in total. The Morgan fingerprint density at radius 3 is 2.86 bits per heavy atom. The first-order valence-corrected chi connectivity index (χ1v) is 12.8. The fourth-order valence-electron chi connectivity index (χ4n) is 5.60. The average Bonchev–Trinajstić information content (AvgIpc) is 3.47. The quantitative estimate of drug-likeness (QED) is 0.503. The first-order valence-electron chi connectivity index (χ1n) is 12.1. The third-order valence-electron chi connectivity index (χ3n) is 7.48. The van der Waals surface area contributed by atoms with E-state index in [4.69, 9.17) is 28.2 Å². The normalized spacial score (nSPS) is 23.9. The van der Waals surface area contributed by atoms with Gasteiger partial charge in [-0.2, -0.15) is 10.4 Å². The fraction of sp³-hybridized carbons (Fsp3) is 0.462. The van der Waals surface area contributed by atoms with Gasteiger partial charge in [0.25, 0.3) is 0 Å². The van der Waals surface area contributed by atoms with Gasteiger partial charge in [-0.05, 0) is 68.3 Å². The highest BCUT2D eigenvalue weighted by Gasteiger charge is 2.35. The molecule has 3 heterocycles. The molecule has 1 fully saturated rings. The summed E-state index contributed by atoms with van der Waals surface area (Å²) < 4.78 is 1.73. The molecule has 0 radical (unpaired) electrons. The topological polar surface area (TPSA) is 90.9 Å². The van der Waals surface area contributed by atoms with Gasteiger partial charge in [-0.15, -0.1) is 0 Å². The monoisotopic (exact) mass is 510 g/mol. The molecule has 0 spiro atoms. The number of aromatic nitrogens is 4. The van der Waals surface area contributed by atoms with E-state index in [2.05, 4.69) is 34.1 Å². The highest BCUT2D eigenvalue weighted by Crippen LogP contribution is 2.36. The summed E-state index contributed by atoms with van der Waals surface area (Å²) in [6.07, 6.45) is 8.04. The fourth-order valence-corrected chi connectivity index (χ4v) is 6.17. The van der Waals surface area contributed by atoms with Gasteiger partial charge in [-0.3, -0.25) is 4.90 Å².